The third-order valence-corrected chi connectivity index (χ3v) is 0.760. The monoisotopic (exact) mass is 124 g/mol. The molecular formula is C2H4O2S2. The Hall–Kier alpha value is 0.0400. The maximum absolute atomic E-state index is 10.0. The summed E-state index contributed by atoms with van der Waals surface area (Å²) in [5.74, 6) is 0. The third kappa shape index (κ3) is 4.04. The van der Waals surface area contributed by atoms with Crippen molar-refractivity contribution in [3.05, 3.63) is 0 Å². The molecule has 0 fully saturated rings. The molecule has 0 spiro atoms. The minimum atomic E-state index is -2.51. The SMILES string of the molecule is CS(=O)(=S)C=O. The van der Waals surface area contributed by atoms with Crippen LogP contribution in [0.4, 0.5) is 0 Å². The second kappa shape index (κ2) is 1.66. The van der Waals surface area contributed by atoms with Crippen LogP contribution in [0.3, 0.4) is 0 Å². The van der Waals surface area contributed by atoms with E-state index in [9.17, 15) is 9.00 Å². The summed E-state index contributed by atoms with van der Waals surface area (Å²) in [6.07, 6.45) is 1.22. The van der Waals surface area contributed by atoms with Gasteiger partial charge in [0.05, 0.1) is 8.49 Å². The van der Waals surface area contributed by atoms with Gasteiger partial charge < -0.3 is 0 Å². The van der Waals surface area contributed by atoms with Crippen LogP contribution in [0.1, 0.15) is 0 Å². The van der Waals surface area contributed by atoms with Gasteiger partial charge in [0.15, 0.2) is 0 Å². The fourth-order valence-electron chi connectivity index (χ4n) is 0. The van der Waals surface area contributed by atoms with Crippen molar-refractivity contribution in [2.75, 3.05) is 6.26 Å². The molecular weight excluding hydrogens is 120 g/mol. The van der Waals surface area contributed by atoms with Crippen LogP contribution in [0.25, 0.3) is 0 Å². The van der Waals surface area contributed by atoms with E-state index in [4.69, 9.17) is 0 Å². The van der Waals surface area contributed by atoms with Crippen molar-refractivity contribution >= 4 is 25.3 Å². The van der Waals surface area contributed by atoms with Crippen LogP contribution >= 0.6 is 0 Å². The van der Waals surface area contributed by atoms with Gasteiger partial charge in [0, 0.05) is 6.26 Å². The Labute approximate surface area is 41.2 Å². The summed E-state index contributed by atoms with van der Waals surface area (Å²) in [5.41, 5.74) is 0.280. The lowest BCUT2D eigenvalue weighted by molar-refractivity contribution is 0.567. The molecule has 0 saturated heterocycles. The predicted octanol–water partition coefficient (Wildman–Crippen LogP) is -0.447. The van der Waals surface area contributed by atoms with Gasteiger partial charge in [0.2, 0.25) is 5.62 Å². The molecule has 0 aromatic rings. The Balaban J connectivity index is 4.25. The highest BCUT2D eigenvalue weighted by Gasteiger charge is 1.85. The average Bonchev–Trinajstić information content (AvgIpc) is 1.35. The Kier molecular flexibility index (Phi) is 1.67. The van der Waals surface area contributed by atoms with Crippen molar-refractivity contribution in [2.24, 2.45) is 0 Å². The van der Waals surface area contributed by atoms with E-state index in [-0.39, 0.29) is 5.62 Å². The van der Waals surface area contributed by atoms with E-state index < -0.39 is 8.49 Å². The van der Waals surface area contributed by atoms with Crippen LogP contribution in [-0.4, -0.2) is 16.1 Å². The smallest absolute Gasteiger partial charge is 0.208 e. The van der Waals surface area contributed by atoms with E-state index in [1.165, 1.54) is 6.26 Å². The molecule has 0 bridgehead atoms. The summed E-state index contributed by atoms with van der Waals surface area (Å²) in [7, 11) is -2.51. The number of carbonyl (C=O) groups excluding carboxylic acids is 1. The van der Waals surface area contributed by atoms with Crippen molar-refractivity contribution in [1.82, 2.24) is 0 Å². The zero-order valence-corrected chi connectivity index (χ0v) is 4.84. The summed E-state index contributed by atoms with van der Waals surface area (Å²) in [4.78, 5) is 9.45. The van der Waals surface area contributed by atoms with Crippen LogP contribution in [-0.2, 0) is 24.5 Å². The molecule has 0 aromatic carbocycles. The van der Waals surface area contributed by atoms with Crippen LogP contribution in [0.5, 0.6) is 0 Å². The molecule has 0 amide bonds. The standard InChI is InChI=1S/C2H4O2S2/c1-6(4,5)2-3/h2H,1H3. The summed E-state index contributed by atoms with van der Waals surface area (Å²) in [6, 6.07) is 0. The fraction of sp³-hybridized carbons (Fsp3) is 0.500. The van der Waals surface area contributed by atoms with Gasteiger partial charge in [-0.25, -0.2) is 4.21 Å². The second-order valence-electron chi connectivity index (χ2n) is 0.926. The molecule has 0 saturated carbocycles. The maximum atomic E-state index is 10.0. The normalized spacial score (nSPS) is 18.8. The third-order valence-electron chi connectivity index (χ3n) is 0.175. The molecule has 0 aliphatic carbocycles. The Morgan fingerprint density at radius 2 is 2.00 bits per heavy atom. The van der Waals surface area contributed by atoms with E-state index >= 15 is 0 Å². The van der Waals surface area contributed by atoms with Crippen LogP contribution in [0.2, 0.25) is 0 Å². The molecule has 1 unspecified atom stereocenters. The topological polar surface area (TPSA) is 34.1 Å². The lowest BCUT2D eigenvalue weighted by Gasteiger charge is -1.73. The molecule has 4 heteroatoms. The van der Waals surface area contributed by atoms with Crippen molar-refractivity contribution in [1.29, 1.82) is 0 Å². The van der Waals surface area contributed by atoms with Gasteiger partial charge in [0.1, 0.15) is 0 Å². The van der Waals surface area contributed by atoms with Crippen LogP contribution in [0, 0.1) is 0 Å². The summed E-state index contributed by atoms with van der Waals surface area (Å²) < 4.78 is 10.0. The lowest BCUT2D eigenvalue weighted by atomic mass is 11.8. The molecule has 0 aliphatic rings. The highest BCUT2D eigenvalue weighted by Crippen LogP contribution is 1.68. The molecule has 6 heavy (non-hydrogen) atoms. The average molecular weight is 124 g/mol. The summed E-state index contributed by atoms with van der Waals surface area (Å²) in [5, 5.41) is 0. The fourth-order valence-corrected chi connectivity index (χ4v) is 0. The van der Waals surface area contributed by atoms with Crippen molar-refractivity contribution in [3.8, 4) is 0 Å². The van der Waals surface area contributed by atoms with Gasteiger partial charge in [-0.3, -0.25) is 4.79 Å². The van der Waals surface area contributed by atoms with Gasteiger partial charge in [-0.05, 0) is 11.2 Å². The first-order valence-electron chi connectivity index (χ1n) is 1.21. The van der Waals surface area contributed by atoms with Gasteiger partial charge in [-0.15, -0.1) is 0 Å². The van der Waals surface area contributed by atoms with E-state index in [1.54, 1.807) is 0 Å². The van der Waals surface area contributed by atoms with Crippen LogP contribution in [0.15, 0.2) is 0 Å². The first kappa shape index (κ1) is 6.04. The molecule has 0 N–H and O–H groups in total. The highest BCUT2D eigenvalue weighted by molar-refractivity contribution is 8.40. The highest BCUT2D eigenvalue weighted by atomic mass is 32.8. The zero-order chi connectivity index (χ0) is 5.21. The van der Waals surface area contributed by atoms with Crippen LogP contribution < -0.4 is 0 Å². The first-order chi connectivity index (χ1) is 2.56. The Morgan fingerprint density at radius 1 is 1.83 bits per heavy atom. The zero-order valence-electron chi connectivity index (χ0n) is 3.21. The number of rotatable bonds is 1. The van der Waals surface area contributed by atoms with Gasteiger partial charge in [-0.2, -0.15) is 0 Å². The molecule has 0 rings (SSSR count). The van der Waals surface area contributed by atoms with Gasteiger partial charge in [0.25, 0.3) is 0 Å². The van der Waals surface area contributed by atoms with Crippen molar-refractivity contribution in [2.45, 2.75) is 0 Å². The number of hydrogen-bond acceptors (Lipinski definition) is 3. The lowest BCUT2D eigenvalue weighted by Crippen LogP contribution is -1.91. The Morgan fingerprint density at radius 3 is 2.00 bits per heavy atom. The number of hydrogen-bond donors (Lipinski definition) is 0. The molecule has 0 aromatic heterocycles. The molecule has 1 atom stereocenters. The molecule has 2 nitrogen and oxygen atoms in total. The van der Waals surface area contributed by atoms with Crippen molar-refractivity contribution in [3.63, 3.8) is 0 Å². The maximum Gasteiger partial charge on any atom is 0.208 e. The number of carbonyl (C=O) groups is 1. The second-order valence-corrected chi connectivity index (χ2v) is 4.76. The molecule has 0 aliphatic heterocycles. The molecule has 36 valence electrons. The molecule has 0 heterocycles. The van der Waals surface area contributed by atoms with E-state index in [1.807, 2.05) is 0 Å². The largest absolute Gasteiger partial charge is 0.288 e. The Bertz CT molecular complexity index is 120. The summed E-state index contributed by atoms with van der Waals surface area (Å²) >= 11 is 4.15. The van der Waals surface area contributed by atoms with Crippen molar-refractivity contribution < 1.29 is 9.00 Å². The van der Waals surface area contributed by atoms with E-state index in [0.29, 0.717) is 0 Å². The van der Waals surface area contributed by atoms with E-state index in [2.05, 4.69) is 11.2 Å². The quantitative estimate of drug-likeness (QED) is 0.444. The minimum absolute atomic E-state index is 0.280. The van der Waals surface area contributed by atoms with Gasteiger partial charge >= 0.3 is 0 Å². The minimum Gasteiger partial charge on any atom is -0.288 e. The summed E-state index contributed by atoms with van der Waals surface area (Å²) in [6.45, 7) is 0. The first-order valence-corrected chi connectivity index (χ1v) is 4.17. The van der Waals surface area contributed by atoms with E-state index in [0.717, 1.165) is 0 Å². The molecule has 0 radical (unpaired) electrons. The van der Waals surface area contributed by atoms with Gasteiger partial charge in [-0.1, -0.05) is 0 Å². The predicted molar refractivity (Wildman–Crippen MR) is 28.2 cm³/mol.